The van der Waals surface area contributed by atoms with Crippen LogP contribution in [-0.2, 0) is 6.42 Å². The Bertz CT molecular complexity index is 377. The zero-order valence-corrected chi connectivity index (χ0v) is 9.20. The van der Waals surface area contributed by atoms with Crippen LogP contribution in [0.4, 0.5) is 4.39 Å². The van der Waals surface area contributed by atoms with Crippen LogP contribution in [-0.4, -0.2) is 24.4 Å². The molecule has 0 amide bonds. The maximum atomic E-state index is 13.7. The number of fused-ring (bicyclic) bond motifs is 1. The summed E-state index contributed by atoms with van der Waals surface area (Å²) >= 11 is 0. The van der Waals surface area contributed by atoms with Gasteiger partial charge < -0.3 is 14.6 Å². The van der Waals surface area contributed by atoms with Crippen LogP contribution >= 0.6 is 0 Å². The van der Waals surface area contributed by atoms with Crippen LogP contribution in [0.1, 0.15) is 18.9 Å². The van der Waals surface area contributed by atoms with Gasteiger partial charge in [0.2, 0.25) is 0 Å². The van der Waals surface area contributed by atoms with E-state index in [-0.39, 0.29) is 5.75 Å². The Kier molecular flexibility index (Phi) is 3.29. The topological polar surface area (TPSA) is 38.7 Å². The SMILES string of the molecule is CC(O)Cc1cc(F)c2c(c1)OCCCO2. The molecule has 0 bridgehead atoms. The van der Waals surface area contributed by atoms with Gasteiger partial charge in [-0.05, 0) is 31.0 Å². The molecule has 0 spiro atoms. The van der Waals surface area contributed by atoms with Gasteiger partial charge in [0.1, 0.15) is 0 Å². The first kappa shape index (κ1) is 11.2. The van der Waals surface area contributed by atoms with Crippen molar-refractivity contribution in [2.45, 2.75) is 25.9 Å². The smallest absolute Gasteiger partial charge is 0.197 e. The summed E-state index contributed by atoms with van der Waals surface area (Å²) in [6.07, 6.45) is 0.664. The third kappa shape index (κ3) is 2.44. The lowest BCUT2D eigenvalue weighted by molar-refractivity contribution is 0.195. The quantitative estimate of drug-likeness (QED) is 0.837. The summed E-state index contributed by atoms with van der Waals surface area (Å²) in [5, 5.41) is 9.26. The van der Waals surface area contributed by atoms with E-state index in [1.165, 1.54) is 6.07 Å². The molecule has 1 aromatic carbocycles. The summed E-state index contributed by atoms with van der Waals surface area (Å²) in [4.78, 5) is 0. The lowest BCUT2D eigenvalue weighted by Gasteiger charge is -2.11. The normalized spacial score (nSPS) is 16.7. The average Bonchev–Trinajstić information content (AvgIpc) is 2.41. The first-order valence-corrected chi connectivity index (χ1v) is 5.43. The molecule has 0 aromatic heterocycles. The first-order valence-electron chi connectivity index (χ1n) is 5.43. The van der Waals surface area contributed by atoms with E-state index in [1.54, 1.807) is 13.0 Å². The summed E-state index contributed by atoms with van der Waals surface area (Å²) in [6, 6.07) is 3.12. The van der Waals surface area contributed by atoms with E-state index in [0.717, 1.165) is 12.0 Å². The van der Waals surface area contributed by atoms with Crippen LogP contribution in [0, 0.1) is 5.82 Å². The Morgan fingerprint density at radius 3 is 2.88 bits per heavy atom. The number of hydrogen-bond acceptors (Lipinski definition) is 3. The van der Waals surface area contributed by atoms with Gasteiger partial charge >= 0.3 is 0 Å². The van der Waals surface area contributed by atoms with Crippen LogP contribution in [0.5, 0.6) is 11.5 Å². The highest BCUT2D eigenvalue weighted by Gasteiger charge is 2.17. The molecule has 1 aliphatic heterocycles. The van der Waals surface area contributed by atoms with Crippen LogP contribution < -0.4 is 9.47 Å². The number of aliphatic hydroxyl groups excluding tert-OH is 1. The minimum absolute atomic E-state index is 0.187. The van der Waals surface area contributed by atoms with E-state index >= 15 is 0 Å². The average molecular weight is 226 g/mol. The van der Waals surface area contributed by atoms with Crippen molar-refractivity contribution in [1.82, 2.24) is 0 Å². The third-order valence-corrected chi connectivity index (χ3v) is 2.39. The first-order chi connectivity index (χ1) is 7.66. The van der Waals surface area contributed by atoms with Crippen LogP contribution in [0.15, 0.2) is 12.1 Å². The second-order valence-electron chi connectivity index (χ2n) is 4.01. The minimum atomic E-state index is -0.496. The van der Waals surface area contributed by atoms with E-state index < -0.39 is 11.9 Å². The third-order valence-electron chi connectivity index (χ3n) is 2.39. The predicted molar refractivity (Wildman–Crippen MR) is 57.4 cm³/mol. The highest BCUT2D eigenvalue weighted by Crippen LogP contribution is 2.33. The van der Waals surface area contributed by atoms with Crippen LogP contribution in [0.25, 0.3) is 0 Å². The molecule has 1 atom stereocenters. The number of benzene rings is 1. The zero-order valence-electron chi connectivity index (χ0n) is 9.20. The lowest BCUT2D eigenvalue weighted by atomic mass is 10.1. The maximum Gasteiger partial charge on any atom is 0.197 e. The van der Waals surface area contributed by atoms with Crippen molar-refractivity contribution in [1.29, 1.82) is 0 Å². The number of rotatable bonds is 2. The monoisotopic (exact) mass is 226 g/mol. The molecule has 1 N–H and O–H groups in total. The van der Waals surface area contributed by atoms with E-state index in [0.29, 0.717) is 25.4 Å². The van der Waals surface area contributed by atoms with E-state index in [9.17, 15) is 9.50 Å². The van der Waals surface area contributed by atoms with E-state index in [1.807, 2.05) is 0 Å². The van der Waals surface area contributed by atoms with Crippen molar-refractivity contribution in [3.8, 4) is 11.5 Å². The van der Waals surface area contributed by atoms with Gasteiger partial charge in [0.05, 0.1) is 19.3 Å². The second kappa shape index (κ2) is 4.70. The molecule has 1 aromatic rings. The molecule has 4 heteroatoms. The summed E-state index contributed by atoms with van der Waals surface area (Å²) in [5.41, 5.74) is 0.719. The largest absolute Gasteiger partial charge is 0.489 e. The van der Waals surface area contributed by atoms with Crippen molar-refractivity contribution in [3.05, 3.63) is 23.5 Å². The van der Waals surface area contributed by atoms with Crippen LogP contribution in [0.2, 0.25) is 0 Å². The molecule has 1 unspecified atom stereocenters. The standard InChI is InChI=1S/C12H15FO3/c1-8(14)5-9-6-10(13)12-11(7-9)15-3-2-4-16-12/h6-8,14H,2-5H2,1H3. The number of aliphatic hydroxyl groups is 1. The Morgan fingerprint density at radius 1 is 1.38 bits per heavy atom. The summed E-state index contributed by atoms with van der Waals surface area (Å²) in [6.45, 7) is 2.67. The summed E-state index contributed by atoms with van der Waals surface area (Å²) in [5.74, 6) is 0.204. The fourth-order valence-corrected chi connectivity index (χ4v) is 1.74. The molecule has 0 saturated heterocycles. The Hall–Kier alpha value is -1.29. The summed E-state index contributed by atoms with van der Waals surface area (Å²) in [7, 11) is 0. The molecule has 1 aliphatic rings. The molecule has 1 heterocycles. The van der Waals surface area contributed by atoms with Crippen molar-refractivity contribution < 1.29 is 19.0 Å². The highest BCUT2D eigenvalue weighted by atomic mass is 19.1. The van der Waals surface area contributed by atoms with Gasteiger partial charge in [0.25, 0.3) is 0 Å². The number of halogens is 1. The van der Waals surface area contributed by atoms with Gasteiger partial charge in [-0.15, -0.1) is 0 Å². The molecular weight excluding hydrogens is 211 g/mol. The minimum Gasteiger partial charge on any atom is -0.489 e. The number of ether oxygens (including phenoxy) is 2. The predicted octanol–water partition coefficient (Wildman–Crippen LogP) is 1.91. The molecule has 16 heavy (non-hydrogen) atoms. The van der Waals surface area contributed by atoms with E-state index in [2.05, 4.69) is 0 Å². The van der Waals surface area contributed by atoms with Crippen molar-refractivity contribution in [3.63, 3.8) is 0 Å². The fourth-order valence-electron chi connectivity index (χ4n) is 1.74. The Labute approximate surface area is 93.8 Å². The molecule has 3 nitrogen and oxygen atoms in total. The van der Waals surface area contributed by atoms with E-state index in [4.69, 9.17) is 9.47 Å². The fraction of sp³-hybridized carbons (Fsp3) is 0.500. The van der Waals surface area contributed by atoms with Crippen molar-refractivity contribution >= 4 is 0 Å². The van der Waals surface area contributed by atoms with Crippen LogP contribution in [0.3, 0.4) is 0 Å². The molecule has 2 rings (SSSR count). The van der Waals surface area contributed by atoms with Gasteiger partial charge in [-0.1, -0.05) is 0 Å². The number of hydrogen-bond donors (Lipinski definition) is 1. The summed E-state index contributed by atoms with van der Waals surface area (Å²) < 4.78 is 24.4. The second-order valence-corrected chi connectivity index (χ2v) is 4.01. The van der Waals surface area contributed by atoms with Gasteiger partial charge in [0, 0.05) is 6.42 Å². The van der Waals surface area contributed by atoms with Gasteiger partial charge in [-0.3, -0.25) is 0 Å². The van der Waals surface area contributed by atoms with Gasteiger partial charge in [-0.2, -0.15) is 0 Å². The molecular formula is C12H15FO3. The highest BCUT2D eigenvalue weighted by molar-refractivity contribution is 5.44. The molecule has 0 fully saturated rings. The Morgan fingerprint density at radius 2 is 2.12 bits per heavy atom. The van der Waals surface area contributed by atoms with Crippen molar-refractivity contribution in [2.24, 2.45) is 0 Å². The van der Waals surface area contributed by atoms with Crippen molar-refractivity contribution in [2.75, 3.05) is 13.2 Å². The molecule has 0 radical (unpaired) electrons. The molecule has 0 aliphatic carbocycles. The maximum absolute atomic E-state index is 13.7. The molecule has 0 saturated carbocycles. The molecule has 88 valence electrons. The van der Waals surface area contributed by atoms with Gasteiger partial charge in [-0.25, -0.2) is 4.39 Å². The zero-order chi connectivity index (χ0) is 11.5. The Balaban J connectivity index is 2.32. The lowest BCUT2D eigenvalue weighted by Crippen LogP contribution is -2.05. The van der Waals surface area contributed by atoms with Gasteiger partial charge in [0.15, 0.2) is 17.3 Å².